The van der Waals surface area contributed by atoms with Gasteiger partial charge in [0, 0.05) is 19.6 Å². The van der Waals surface area contributed by atoms with Gasteiger partial charge in [0.15, 0.2) is 0 Å². The van der Waals surface area contributed by atoms with E-state index < -0.39 is 12.1 Å². The van der Waals surface area contributed by atoms with E-state index in [1.54, 1.807) is 17.0 Å². The standard InChI is InChI=1S/C15H18ClN3O3/c16-10-3-1-2-4-12(10)19-7-5-11(15(19)21)18-14(20)13-9-17-6-8-22-13/h1-4,11,13,17H,5-9H2,(H,18,20)/t11-,13-/m1/s1. The molecular formula is C15H18ClN3O3. The Morgan fingerprint density at radius 3 is 2.95 bits per heavy atom. The van der Waals surface area contributed by atoms with Crippen molar-refractivity contribution in [3.8, 4) is 0 Å². The summed E-state index contributed by atoms with van der Waals surface area (Å²) < 4.78 is 5.40. The lowest BCUT2D eigenvalue weighted by Gasteiger charge is -2.24. The summed E-state index contributed by atoms with van der Waals surface area (Å²) in [5.41, 5.74) is 0.682. The summed E-state index contributed by atoms with van der Waals surface area (Å²) in [5.74, 6) is -0.378. The van der Waals surface area contributed by atoms with Crippen molar-refractivity contribution in [2.24, 2.45) is 0 Å². The van der Waals surface area contributed by atoms with Crippen LogP contribution in [-0.2, 0) is 14.3 Å². The largest absolute Gasteiger partial charge is 0.366 e. The van der Waals surface area contributed by atoms with Gasteiger partial charge in [-0.25, -0.2) is 0 Å². The van der Waals surface area contributed by atoms with Gasteiger partial charge < -0.3 is 20.3 Å². The highest BCUT2D eigenvalue weighted by Crippen LogP contribution is 2.29. The molecule has 2 amide bonds. The van der Waals surface area contributed by atoms with E-state index in [1.165, 1.54) is 0 Å². The van der Waals surface area contributed by atoms with E-state index in [0.29, 0.717) is 36.8 Å². The predicted molar refractivity (Wildman–Crippen MR) is 83.0 cm³/mol. The number of carbonyl (C=O) groups excluding carboxylic acids is 2. The molecule has 22 heavy (non-hydrogen) atoms. The number of nitrogens with one attached hydrogen (secondary N) is 2. The van der Waals surface area contributed by atoms with E-state index in [2.05, 4.69) is 10.6 Å². The van der Waals surface area contributed by atoms with Gasteiger partial charge in [-0.15, -0.1) is 0 Å². The summed E-state index contributed by atoms with van der Waals surface area (Å²) in [6.07, 6.45) is 0.0339. The van der Waals surface area contributed by atoms with Gasteiger partial charge in [-0.1, -0.05) is 23.7 Å². The smallest absolute Gasteiger partial charge is 0.251 e. The van der Waals surface area contributed by atoms with Crippen molar-refractivity contribution in [2.45, 2.75) is 18.6 Å². The molecule has 2 aliphatic heterocycles. The molecule has 1 aromatic rings. The fraction of sp³-hybridized carbons (Fsp3) is 0.467. The topological polar surface area (TPSA) is 70.7 Å². The molecule has 0 aliphatic carbocycles. The maximum absolute atomic E-state index is 12.5. The van der Waals surface area contributed by atoms with Gasteiger partial charge in [0.2, 0.25) is 5.91 Å². The normalized spacial score (nSPS) is 25.3. The number of benzene rings is 1. The van der Waals surface area contributed by atoms with Crippen LogP contribution in [-0.4, -0.2) is 50.2 Å². The van der Waals surface area contributed by atoms with Crippen LogP contribution in [0.25, 0.3) is 0 Å². The summed E-state index contributed by atoms with van der Waals surface area (Å²) in [6.45, 7) is 2.26. The Balaban J connectivity index is 1.64. The lowest BCUT2D eigenvalue weighted by Crippen LogP contribution is -2.51. The fourth-order valence-corrected chi connectivity index (χ4v) is 2.96. The first-order valence-corrected chi connectivity index (χ1v) is 7.73. The third-order valence-electron chi connectivity index (χ3n) is 3.89. The molecule has 2 fully saturated rings. The number of para-hydroxylation sites is 1. The maximum atomic E-state index is 12.5. The van der Waals surface area contributed by atoms with Gasteiger partial charge in [-0.05, 0) is 18.6 Å². The van der Waals surface area contributed by atoms with Gasteiger partial charge >= 0.3 is 0 Å². The van der Waals surface area contributed by atoms with Gasteiger partial charge in [0.05, 0.1) is 17.3 Å². The van der Waals surface area contributed by atoms with Crippen LogP contribution in [0.2, 0.25) is 5.02 Å². The molecule has 0 bridgehead atoms. The number of amides is 2. The fourth-order valence-electron chi connectivity index (χ4n) is 2.72. The van der Waals surface area contributed by atoms with Crippen molar-refractivity contribution in [3.63, 3.8) is 0 Å². The Bertz CT molecular complexity index is 575. The Kier molecular flexibility index (Phi) is 4.61. The van der Waals surface area contributed by atoms with Crippen LogP contribution >= 0.6 is 11.6 Å². The molecule has 2 heterocycles. The van der Waals surface area contributed by atoms with E-state index in [4.69, 9.17) is 16.3 Å². The first-order chi connectivity index (χ1) is 10.7. The monoisotopic (exact) mass is 323 g/mol. The van der Waals surface area contributed by atoms with Crippen LogP contribution in [0.3, 0.4) is 0 Å². The average molecular weight is 324 g/mol. The zero-order valence-electron chi connectivity index (χ0n) is 12.0. The summed E-state index contributed by atoms with van der Waals surface area (Å²) in [7, 11) is 0. The van der Waals surface area contributed by atoms with Crippen LogP contribution in [0.1, 0.15) is 6.42 Å². The minimum absolute atomic E-state index is 0.134. The molecule has 2 N–H and O–H groups in total. The van der Waals surface area contributed by atoms with Gasteiger partial charge in [-0.3, -0.25) is 9.59 Å². The first kappa shape index (κ1) is 15.3. The molecule has 6 nitrogen and oxygen atoms in total. The van der Waals surface area contributed by atoms with Crippen LogP contribution < -0.4 is 15.5 Å². The van der Waals surface area contributed by atoms with Crippen molar-refractivity contribution < 1.29 is 14.3 Å². The minimum atomic E-state index is -0.532. The van der Waals surface area contributed by atoms with E-state index in [0.717, 1.165) is 6.54 Å². The van der Waals surface area contributed by atoms with E-state index in [9.17, 15) is 9.59 Å². The molecule has 3 rings (SSSR count). The molecule has 1 aromatic carbocycles. The molecular weight excluding hydrogens is 306 g/mol. The lowest BCUT2D eigenvalue weighted by molar-refractivity contribution is -0.136. The number of carbonyl (C=O) groups is 2. The average Bonchev–Trinajstić information content (AvgIpc) is 2.90. The molecule has 0 unspecified atom stereocenters. The second kappa shape index (κ2) is 6.64. The molecule has 0 aromatic heterocycles. The highest BCUT2D eigenvalue weighted by molar-refractivity contribution is 6.34. The molecule has 0 saturated carbocycles. The Labute approximate surface area is 133 Å². The number of ether oxygens (including phenoxy) is 1. The van der Waals surface area contributed by atoms with E-state index in [1.807, 2.05) is 12.1 Å². The lowest BCUT2D eigenvalue weighted by atomic mass is 10.2. The van der Waals surface area contributed by atoms with Crippen LogP contribution in [0.5, 0.6) is 0 Å². The maximum Gasteiger partial charge on any atom is 0.251 e. The quantitative estimate of drug-likeness (QED) is 0.852. The Hall–Kier alpha value is -1.63. The van der Waals surface area contributed by atoms with Crippen LogP contribution in [0.15, 0.2) is 24.3 Å². The van der Waals surface area contributed by atoms with Gasteiger partial charge in [0.25, 0.3) is 5.91 Å². The van der Waals surface area contributed by atoms with Crippen LogP contribution in [0.4, 0.5) is 5.69 Å². The van der Waals surface area contributed by atoms with Crippen LogP contribution in [0, 0.1) is 0 Å². The summed E-state index contributed by atoms with van der Waals surface area (Å²) in [5, 5.41) is 6.40. The summed E-state index contributed by atoms with van der Waals surface area (Å²) in [6, 6.07) is 6.69. The highest BCUT2D eigenvalue weighted by atomic mass is 35.5. The molecule has 2 saturated heterocycles. The first-order valence-electron chi connectivity index (χ1n) is 7.35. The zero-order valence-corrected chi connectivity index (χ0v) is 12.8. The van der Waals surface area contributed by atoms with Crippen molar-refractivity contribution in [1.29, 1.82) is 0 Å². The molecule has 2 aliphatic rings. The number of hydrogen-bond acceptors (Lipinski definition) is 4. The third kappa shape index (κ3) is 3.09. The summed E-state index contributed by atoms with van der Waals surface area (Å²) >= 11 is 6.14. The molecule has 0 radical (unpaired) electrons. The minimum Gasteiger partial charge on any atom is -0.366 e. The number of halogens is 1. The third-order valence-corrected chi connectivity index (χ3v) is 4.20. The van der Waals surface area contributed by atoms with Crippen molar-refractivity contribution in [2.75, 3.05) is 31.1 Å². The van der Waals surface area contributed by atoms with Crippen molar-refractivity contribution in [3.05, 3.63) is 29.3 Å². The highest BCUT2D eigenvalue weighted by Gasteiger charge is 2.36. The number of hydrogen-bond donors (Lipinski definition) is 2. The Morgan fingerprint density at radius 1 is 1.41 bits per heavy atom. The number of rotatable bonds is 3. The second-order valence-corrected chi connectivity index (χ2v) is 5.76. The molecule has 118 valence electrons. The van der Waals surface area contributed by atoms with Crippen molar-refractivity contribution in [1.82, 2.24) is 10.6 Å². The summed E-state index contributed by atoms with van der Waals surface area (Å²) in [4.78, 5) is 26.2. The zero-order chi connectivity index (χ0) is 15.5. The number of anilines is 1. The molecule has 0 spiro atoms. The number of nitrogens with zero attached hydrogens (tertiary/aromatic N) is 1. The van der Waals surface area contributed by atoms with Gasteiger partial charge in [0.1, 0.15) is 12.1 Å². The SMILES string of the molecule is O=C(N[C@@H]1CCN(c2ccccc2Cl)C1=O)[C@H]1CNCCO1. The predicted octanol–water partition coefficient (Wildman–Crippen LogP) is 0.550. The van der Waals surface area contributed by atoms with E-state index in [-0.39, 0.29) is 11.8 Å². The molecule has 7 heteroatoms. The van der Waals surface area contributed by atoms with E-state index >= 15 is 0 Å². The molecule has 2 atom stereocenters. The Morgan fingerprint density at radius 2 is 2.23 bits per heavy atom. The number of morpholine rings is 1. The van der Waals surface area contributed by atoms with Crippen molar-refractivity contribution >= 4 is 29.1 Å². The second-order valence-electron chi connectivity index (χ2n) is 5.35. The van der Waals surface area contributed by atoms with Gasteiger partial charge in [-0.2, -0.15) is 0 Å².